The number of rotatable bonds is 5. The zero-order valence-corrected chi connectivity index (χ0v) is 19.2. The second kappa shape index (κ2) is 8.90. The number of carbonyl (C=O) groups is 1. The molecule has 0 atom stereocenters. The number of aromatic nitrogens is 2. The minimum absolute atomic E-state index is 0.101. The number of carbonyl (C=O) groups excluding carboxylic acids is 1. The van der Waals surface area contributed by atoms with Crippen molar-refractivity contribution in [3.05, 3.63) is 71.8 Å². The third kappa shape index (κ3) is 4.09. The molecule has 0 unspecified atom stereocenters. The van der Waals surface area contributed by atoms with E-state index in [1.165, 1.54) is 11.8 Å². The predicted octanol–water partition coefficient (Wildman–Crippen LogP) is 6.32. The van der Waals surface area contributed by atoms with Gasteiger partial charge < -0.3 is 9.15 Å². The molecule has 0 saturated carbocycles. The molecule has 5 rings (SSSR count). The molecule has 0 aliphatic carbocycles. The minimum atomic E-state index is -0.101. The number of fused-ring (bicyclic) bond motifs is 2. The van der Waals surface area contributed by atoms with Crippen LogP contribution < -0.4 is 9.64 Å². The van der Waals surface area contributed by atoms with Crippen molar-refractivity contribution in [3.63, 3.8) is 0 Å². The Labute approximate surface area is 197 Å². The Balaban J connectivity index is 1.36. The van der Waals surface area contributed by atoms with E-state index in [1.807, 2.05) is 66.7 Å². The molecule has 0 N–H and O–H groups in total. The van der Waals surface area contributed by atoms with E-state index >= 15 is 0 Å². The summed E-state index contributed by atoms with van der Waals surface area (Å²) < 4.78 is 10.9. The van der Waals surface area contributed by atoms with Crippen molar-refractivity contribution >= 4 is 52.4 Å². The minimum Gasteiger partial charge on any atom is -0.497 e. The number of benzene rings is 3. The molecule has 0 spiro atoms. The lowest BCUT2D eigenvalue weighted by molar-refractivity contribution is -0.115. The van der Waals surface area contributed by atoms with Gasteiger partial charge in [0, 0.05) is 20.4 Å². The summed E-state index contributed by atoms with van der Waals surface area (Å²) in [7, 11) is 1.61. The summed E-state index contributed by atoms with van der Waals surface area (Å²) in [5.41, 5.74) is 2.39. The molecule has 3 aromatic carbocycles. The van der Waals surface area contributed by atoms with Crippen LogP contribution in [-0.2, 0) is 4.79 Å². The van der Waals surface area contributed by atoms with E-state index in [9.17, 15) is 4.79 Å². The van der Waals surface area contributed by atoms with Crippen LogP contribution in [0.25, 0.3) is 11.5 Å². The van der Waals surface area contributed by atoms with Gasteiger partial charge in [-0.05, 0) is 54.6 Å². The molecule has 9 heteroatoms. The van der Waals surface area contributed by atoms with Gasteiger partial charge in [-0.2, -0.15) is 0 Å². The smallest absolute Gasteiger partial charge is 0.277 e. The van der Waals surface area contributed by atoms with Crippen LogP contribution in [0.2, 0.25) is 5.02 Å². The summed E-state index contributed by atoms with van der Waals surface area (Å²) in [5, 5.41) is 9.07. The molecule has 1 aliphatic rings. The van der Waals surface area contributed by atoms with E-state index in [0.29, 0.717) is 16.1 Å². The molecule has 4 aromatic rings. The first kappa shape index (κ1) is 20.9. The third-order valence-corrected chi connectivity index (χ3v) is 6.97. The van der Waals surface area contributed by atoms with Crippen molar-refractivity contribution in [2.24, 2.45) is 0 Å². The molecule has 0 radical (unpaired) electrons. The largest absolute Gasteiger partial charge is 0.497 e. The van der Waals surface area contributed by atoms with Crippen molar-refractivity contribution in [3.8, 4) is 17.2 Å². The first-order chi connectivity index (χ1) is 15.6. The number of ether oxygens (including phenoxy) is 1. The van der Waals surface area contributed by atoms with Crippen LogP contribution in [0.1, 0.15) is 0 Å². The average molecular weight is 482 g/mol. The SMILES string of the molecule is COc1ccc(-c2nnc(SCC(=O)N3c4ccccc4Sc4ccc(Cl)cc43)o2)cc1. The van der Waals surface area contributed by atoms with Gasteiger partial charge >= 0.3 is 0 Å². The average Bonchev–Trinajstić information content (AvgIpc) is 3.30. The Bertz CT molecular complexity index is 1290. The molecule has 0 saturated heterocycles. The maximum absolute atomic E-state index is 13.3. The fraction of sp³-hybridized carbons (Fsp3) is 0.0870. The molecule has 0 bridgehead atoms. The molecule has 1 aliphatic heterocycles. The number of para-hydroxylation sites is 1. The molecule has 2 heterocycles. The number of nitrogens with zero attached hydrogens (tertiary/aromatic N) is 3. The van der Waals surface area contributed by atoms with Crippen LogP contribution in [0.5, 0.6) is 5.75 Å². The molecular weight excluding hydrogens is 466 g/mol. The topological polar surface area (TPSA) is 68.5 Å². The van der Waals surface area contributed by atoms with Crippen molar-refractivity contribution < 1.29 is 13.9 Å². The number of hydrogen-bond acceptors (Lipinski definition) is 7. The summed E-state index contributed by atoms with van der Waals surface area (Å²) in [5.74, 6) is 1.17. The van der Waals surface area contributed by atoms with Gasteiger partial charge in [-0.25, -0.2) is 0 Å². The Hall–Kier alpha value is -2.94. The van der Waals surface area contributed by atoms with Crippen LogP contribution in [0.15, 0.2) is 86.2 Å². The van der Waals surface area contributed by atoms with E-state index in [4.69, 9.17) is 20.8 Å². The quantitative estimate of drug-likeness (QED) is 0.309. The van der Waals surface area contributed by atoms with Gasteiger partial charge in [0.15, 0.2) is 0 Å². The number of halogens is 1. The molecule has 6 nitrogen and oxygen atoms in total. The first-order valence-corrected chi connectivity index (χ1v) is 11.8. The van der Waals surface area contributed by atoms with Crippen LogP contribution >= 0.6 is 35.1 Å². The number of methoxy groups -OCH3 is 1. The van der Waals surface area contributed by atoms with Crippen LogP contribution in [-0.4, -0.2) is 29.0 Å². The molecule has 1 aromatic heterocycles. The van der Waals surface area contributed by atoms with Crippen molar-refractivity contribution in [2.75, 3.05) is 17.8 Å². The second-order valence-corrected chi connectivity index (χ2v) is 9.25. The summed E-state index contributed by atoms with van der Waals surface area (Å²) in [4.78, 5) is 17.0. The highest BCUT2D eigenvalue weighted by molar-refractivity contribution is 8.00. The highest BCUT2D eigenvalue weighted by Gasteiger charge is 2.28. The fourth-order valence-electron chi connectivity index (χ4n) is 3.30. The lowest BCUT2D eigenvalue weighted by Crippen LogP contribution is -2.30. The summed E-state index contributed by atoms with van der Waals surface area (Å²) in [6.45, 7) is 0. The van der Waals surface area contributed by atoms with Crippen molar-refractivity contribution in [2.45, 2.75) is 15.0 Å². The number of amides is 1. The number of hydrogen-bond donors (Lipinski definition) is 0. The Morgan fingerprint density at radius 2 is 1.84 bits per heavy atom. The first-order valence-electron chi connectivity index (χ1n) is 9.62. The lowest BCUT2D eigenvalue weighted by Gasteiger charge is -2.31. The third-order valence-electron chi connectivity index (χ3n) is 4.80. The highest BCUT2D eigenvalue weighted by atomic mass is 35.5. The molecule has 32 heavy (non-hydrogen) atoms. The van der Waals surface area contributed by atoms with Gasteiger partial charge in [0.2, 0.25) is 11.8 Å². The van der Waals surface area contributed by atoms with Crippen LogP contribution in [0, 0.1) is 0 Å². The molecule has 160 valence electrons. The lowest BCUT2D eigenvalue weighted by atomic mass is 10.2. The summed E-state index contributed by atoms with van der Waals surface area (Å²) in [6.07, 6.45) is 0. The van der Waals surface area contributed by atoms with Crippen molar-refractivity contribution in [1.82, 2.24) is 10.2 Å². The Morgan fingerprint density at radius 3 is 2.66 bits per heavy atom. The van der Waals surface area contributed by atoms with Crippen LogP contribution in [0.4, 0.5) is 11.4 Å². The normalized spacial score (nSPS) is 12.2. The second-order valence-electron chi connectivity index (χ2n) is 6.80. The standard InChI is InChI=1S/C23H16ClN3O3S2/c1-29-16-9-6-14(7-10-16)22-25-26-23(30-22)31-13-21(28)27-17-4-2-3-5-19(17)32-20-11-8-15(24)12-18(20)27/h2-12H,13H2,1H3. The Morgan fingerprint density at radius 1 is 1.06 bits per heavy atom. The van der Waals surface area contributed by atoms with Gasteiger partial charge in [-0.3, -0.25) is 9.69 Å². The van der Waals surface area contributed by atoms with Gasteiger partial charge in [0.25, 0.3) is 5.22 Å². The zero-order chi connectivity index (χ0) is 22.1. The maximum atomic E-state index is 13.3. The van der Waals surface area contributed by atoms with Gasteiger partial charge in [-0.1, -0.05) is 47.3 Å². The molecule has 0 fully saturated rings. The van der Waals surface area contributed by atoms with Gasteiger partial charge in [0.1, 0.15) is 5.75 Å². The van der Waals surface area contributed by atoms with E-state index in [-0.39, 0.29) is 11.7 Å². The monoisotopic (exact) mass is 481 g/mol. The van der Waals surface area contributed by atoms with E-state index in [2.05, 4.69) is 10.2 Å². The Kier molecular flexibility index (Phi) is 5.82. The van der Waals surface area contributed by atoms with Gasteiger partial charge in [0.05, 0.1) is 24.2 Å². The number of anilines is 2. The van der Waals surface area contributed by atoms with Crippen molar-refractivity contribution in [1.29, 1.82) is 0 Å². The van der Waals surface area contributed by atoms with E-state index < -0.39 is 0 Å². The highest BCUT2D eigenvalue weighted by Crippen LogP contribution is 2.49. The fourth-order valence-corrected chi connectivity index (χ4v) is 5.12. The van der Waals surface area contributed by atoms with E-state index in [1.54, 1.807) is 23.8 Å². The predicted molar refractivity (Wildman–Crippen MR) is 126 cm³/mol. The molecule has 1 amide bonds. The van der Waals surface area contributed by atoms with Gasteiger partial charge in [-0.15, -0.1) is 10.2 Å². The summed E-state index contributed by atoms with van der Waals surface area (Å²) >= 11 is 9.06. The summed E-state index contributed by atoms with van der Waals surface area (Å²) in [6, 6.07) is 20.7. The van der Waals surface area contributed by atoms with Crippen LogP contribution in [0.3, 0.4) is 0 Å². The maximum Gasteiger partial charge on any atom is 0.277 e. The number of thioether (sulfide) groups is 1. The zero-order valence-electron chi connectivity index (χ0n) is 16.8. The van der Waals surface area contributed by atoms with E-state index in [0.717, 1.165) is 32.5 Å². The molecular formula is C23H16ClN3O3S2.